The Kier molecular flexibility index (Phi) is 7.03. The number of Topliss-reactive ketones (excluding diaryl/α,β-unsaturated/α-hetero) is 1. The van der Waals surface area contributed by atoms with Gasteiger partial charge >= 0.3 is 0 Å². The normalized spacial score (nSPS) is 12.8. The van der Waals surface area contributed by atoms with Crippen LogP contribution in [0.4, 0.5) is 21.5 Å². The number of ketones is 1. The number of anilines is 1. The first-order valence-electron chi connectivity index (χ1n) is 10.8. The second-order valence-electron chi connectivity index (χ2n) is 8.14. The van der Waals surface area contributed by atoms with Crippen LogP contribution in [0.15, 0.2) is 70.6 Å². The molecule has 0 unspecified atom stereocenters. The van der Waals surface area contributed by atoms with E-state index >= 15 is 0 Å². The highest BCUT2D eigenvalue weighted by molar-refractivity contribution is 8.14. The Hall–Kier alpha value is -3.58. The number of benzene rings is 3. The second kappa shape index (κ2) is 10.1. The van der Waals surface area contributed by atoms with E-state index in [2.05, 4.69) is 5.32 Å². The van der Waals surface area contributed by atoms with Crippen molar-refractivity contribution in [1.82, 2.24) is 0 Å². The van der Waals surface area contributed by atoms with E-state index in [4.69, 9.17) is 9.98 Å². The van der Waals surface area contributed by atoms with Gasteiger partial charge in [0, 0.05) is 17.7 Å². The van der Waals surface area contributed by atoms with Crippen molar-refractivity contribution < 1.29 is 14.0 Å². The SMILES string of the molecule is CC(=O)c1ccc(NC(=O)CSC2=Nc3cc(C)c(C)cc3N=C(c3ccc(F)cc3)C2)cc1. The lowest BCUT2D eigenvalue weighted by Gasteiger charge is -2.09. The molecule has 1 aliphatic rings. The van der Waals surface area contributed by atoms with E-state index in [0.717, 1.165) is 38.8 Å². The molecule has 172 valence electrons. The average Bonchev–Trinajstić information content (AvgIpc) is 2.98. The van der Waals surface area contributed by atoms with Crippen LogP contribution in [0.3, 0.4) is 0 Å². The van der Waals surface area contributed by atoms with Gasteiger partial charge in [0.1, 0.15) is 5.82 Å². The van der Waals surface area contributed by atoms with Gasteiger partial charge in [-0.05, 0) is 86.0 Å². The van der Waals surface area contributed by atoms with Crippen LogP contribution in [0.5, 0.6) is 0 Å². The number of thioether (sulfide) groups is 1. The van der Waals surface area contributed by atoms with Crippen LogP contribution in [0.2, 0.25) is 0 Å². The zero-order valence-electron chi connectivity index (χ0n) is 19.2. The summed E-state index contributed by atoms with van der Waals surface area (Å²) in [5.74, 6) is -0.331. The van der Waals surface area contributed by atoms with E-state index < -0.39 is 0 Å². The molecule has 0 fully saturated rings. The van der Waals surface area contributed by atoms with E-state index in [1.54, 1.807) is 36.4 Å². The number of hydrogen-bond donors (Lipinski definition) is 1. The highest BCUT2D eigenvalue weighted by Crippen LogP contribution is 2.36. The second-order valence-corrected chi connectivity index (χ2v) is 9.19. The van der Waals surface area contributed by atoms with E-state index in [1.165, 1.54) is 30.8 Å². The Labute approximate surface area is 202 Å². The van der Waals surface area contributed by atoms with Crippen molar-refractivity contribution in [2.24, 2.45) is 9.98 Å². The molecular weight excluding hydrogens is 449 g/mol. The number of carbonyl (C=O) groups is 2. The van der Waals surface area contributed by atoms with E-state index in [-0.39, 0.29) is 23.3 Å². The van der Waals surface area contributed by atoms with Gasteiger partial charge in [0.2, 0.25) is 5.91 Å². The summed E-state index contributed by atoms with van der Waals surface area (Å²) < 4.78 is 13.5. The van der Waals surface area contributed by atoms with Crippen LogP contribution in [0.1, 0.15) is 40.4 Å². The molecule has 1 amide bonds. The third-order valence-corrected chi connectivity index (χ3v) is 6.51. The van der Waals surface area contributed by atoms with Crippen molar-refractivity contribution in [1.29, 1.82) is 0 Å². The molecule has 5 nitrogen and oxygen atoms in total. The van der Waals surface area contributed by atoms with Gasteiger partial charge in [-0.3, -0.25) is 14.6 Å². The highest BCUT2D eigenvalue weighted by Gasteiger charge is 2.18. The van der Waals surface area contributed by atoms with Crippen LogP contribution in [0.25, 0.3) is 0 Å². The summed E-state index contributed by atoms with van der Waals surface area (Å²) >= 11 is 1.35. The van der Waals surface area contributed by atoms with Crippen LogP contribution in [-0.4, -0.2) is 28.2 Å². The van der Waals surface area contributed by atoms with E-state index in [0.29, 0.717) is 17.7 Å². The first-order valence-corrected chi connectivity index (χ1v) is 11.8. The number of aryl methyl sites for hydroxylation is 2. The van der Waals surface area contributed by atoms with E-state index in [1.807, 2.05) is 26.0 Å². The predicted octanol–water partition coefficient (Wildman–Crippen LogP) is 6.57. The maximum Gasteiger partial charge on any atom is 0.234 e. The molecule has 0 aliphatic carbocycles. The largest absolute Gasteiger partial charge is 0.325 e. The summed E-state index contributed by atoms with van der Waals surface area (Å²) in [6.07, 6.45) is 0.434. The Morgan fingerprint density at radius 2 is 1.56 bits per heavy atom. The summed E-state index contributed by atoms with van der Waals surface area (Å²) in [6.45, 7) is 5.56. The topological polar surface area (TPSA) is 70.9 Å². The molecule has 0 saturated heterocycles. The number of hydrogen-bond acceptors (Lipinski definition) is 5. The first-order chi connectivity index (χ1) is 16.3. The van der Waals surface area contributed by atoms with Crippen molar-refractivity contribution in [3.05, 3.63) is 88.7 Å². The van der Waals surface area contributed by atoms with Crippen molar-refractivity contribution in [2.75, 3.05) is 11.1 Å². The third-order valence-electron chi connectivity index (χ3n) is 5.53. The van der Waals surface area contributed by atoms with Crippen molar-refractivity contribution in [2.45, 2.75) is 27.2 Å². The van der Waals surface area contributed by atoms with Crippen LogP contribution < -0.4 is 5.32 Å². The number of fused-ring (bicyclic) bond motifs is 1. The minimum Gasteiger partial charge on any atom is -0.325 e. The maximum atomic E-state index is 13.5. The quantitative estimate of drug-likeness (QED) is 0.426. The monoisotopic (exact) mass is 473 g/mol. The number of nitrogens with zero attached hydrogens (tertiary/aromatic N) is 2. The third kappa shape index (κ3) is 5.66. The highest BCUT2D eigenvalue weighted by atomic mass is 32.2. The smallest absolute Gasteiger partial charge is 0.234 e. The maximum absolute atomic E-state index is 13.5. The molecule has 1 heterocycles. The standard InChI is InChI=1S/C27H24FN3O2S/c1-16-12-24-25(13-17(16)2)31-27(14-23(30-24)20-4-8-21(28)9-5-20)34-15-26(33)29-22-10-6-19(7-11-22)18(3)32/h4-13H,14-15H2,1-3H3,(H,29,33). The van der Waals surface area contributed by atoms with Crippen molar-refractivity contribution in [3.63, 3.8) is 0 Å². The van der Waals surface area contributed by atoms with E-state index in [9.17, 15) is 14.0 Å². The van der Waals surface area contributed by atoms with Gasteiger partial charge in [-0.25, -0.2) is 9.38 Å². The predicted molar refractivity (Wildman–Crippen MR) is 138 cm³/mol. The number of carbonyl (C=O) groups excluding carboxylic acids is 2. The number of amides is 1. The molecular formula is C27H24FN3O2S. The zero-order valence-corrected chi connectivity index (χ0v) is 20.0. The van der Waals surface area contributed by atoms with Crippen LogP contribution >= 0.6 is 11.8 Å². The molecule has 0 bridgehead atoms. The Morgan fingerprint density at radius 3 is 2.18 bits per heavy atom. The van der Waals surface area contributed by atoms with Crippen LogP contribution in [-0.2, 0) is 4.79 Å². The molecule has 1 aliphatic heterocycles. The fraction of sp³-hybridized carbons (Fsp3) is 0.185. The number of aliphatic imine (C=N–C) groups is 2. The van der Waals surface area contributed by atoms with Crippen LogP contribution in [0, 0.1) is 19.7 Å². The lowest BCUT2D eigenvalue weighted by molar-refractivity contribution is -0.113. The molecule has 7 heteroatoms. The molecule has 34 heavy (non-hydrogen) atoms. The number of nitrogens with one attached hydrogen (secondary N) is 1. The fourth-order valence-corrected chi connectivity index (χ4v) is 4.26. The molecule has 0 aromatic heterocycles. The first kappa shape index (κ1) is 23.6. The molecule has 0 atom stereocenters. The summed E-state index contributed by atoms with van der Waals surface area (Å²) in [6, 6.07) is 17.0. The van der Waals surface area contributed by atoms with Gasteiger partial charge in [-0.1, -0.05) is 12.1 Å². The summed E-state index contributed by atoms with van der Waals surface area (Å²) in [5.41, 5.74) is 6.54. The lowest BCUT2D eigenvalue weighted by atomic mass is 10.1. The Morgan fingerprint density at radius 1 is 0.941 bits per heavy atom. The van der Waals surface area contributed by atoms with Crippen molar-refractivity contribution >= 4 is 51.3 Å². The number of rotatable bonds is 5. The minimum absolute atomic E-state index is 0.0239. The van der Waals surface area contributed by atoms with Gasteiger partial charge in [0.25, 0.3) is 0 Å². The van der Waals surface area contributed by atoms with Gasteiger partial charge in [0.15, 0.2) is 5.78 Å². The molecule has 0 radical (unpaired) electrons. The molecule has 3 aromatic rings. The zero-order chi connectivity index (χ0) is 24.2. The Bertz CT molecular complexity index is 1310. The lowest BCUT2D eigenvalue weighted by Crippen LogP contribution is -2.16. The van der Waals surface area contributed by atoms with Gasteiger partial charge in [-0.2, -0.15) is 0 Å². The summed E-state index contributed by atoms with van der Waals surface area (Å²) in [7, 11) is 0. The molecule has 3 aromatic carbocycles. The van der Waals surface area contributed by atoms with Gasteiger partial charge in [0.05, 0.1) is 27.9 Å². The number of halogens is 1. The van der Waals surface area contributed by atoms with Crippen molar-refractivity contribution in [3.8, 4) is 0 Å². The minimum atomic E-state index is -0.305. The molecule has 0 saturated carbocycles. The molecule has 1 N–H and O–H groups in total. The summed E-state index contributed by atoms with van der Waals surface area (Å²) in [4.78, 5) is 33.7. The van der Waals surface area contributed by atoms with Gasteiger partial charge in [-0.15, -0.1) is 11.8 Å². The summed E-state index contributed by atoms with van der Waals surface area (Å²) in [5, 5.41) is 3.61. The Balaban J connectivity index is 1.54. The van der Waals surface area contributed by atoms with Gasteiger partial charge < -0.3 is 5.32 Å². The molecule has 0 spiro atoms. The average molecular weight is 474 g/mol. The fourth-order valence-electron chi connectivity index (χ4n) is 3.49. The molecule has 4 rings (SSSR count).